The van der Waals surface area contributed by atoms with Crippen LogP contribution in [0.25, 0.3) is 16.2 Å². The molecular formula is C17H18N2S. The van der Waals surface area contributed by atoms with Gasteiger partial charge in [-0.1, -0.05) is 37.3 Å². The van der Waals surface area contributed by atoms with E-state index in [2.05, 4.69) is 41.7 Å². The molecule has 0 spiro atoms. The number of thiazole rings is 1. The summed E-state index contributed by atoms with van der Waals surface area (Å²) in [5.74, 6) is 0. The normalized spacial score (nSPS) is 14.7. The summed E-state index contributed by atoms with van der Waals surface area (Å²) in [6.07, 6.45) is 6.15. The Bertz CT molecular complexity index is 752. The minimum absolute atomic E-state index is 1.04. The van der Waals surface area contributed by atoms with Crippen molar-refractivity contribution in [2.75, 3.05) is 0 Å². The highest BCUT2D eigenvalue weighted by Gasteiger charge is 2.22. The fourth-order valence-electron chi connectivity index (χ4n) is 3.25. The average molecular weight is 282 g/mol. The molecule has 2 aromatic heterocycles. The zero-order chi connectivity index (χ0) is 13.5. The van der Waals surface area contributed by atoms with E-state index in [1.54, 1.807) is 4.88 Å². The number of imidazole rings is 1. The highest BCUT2D eigenvalue weighted by atomic mass is 32.1. The van der Waals surface area contributed by atoms with Gasteiger partial charge in [-0.15, -0.1) is 11.3 Å². The first-order valence-electron chi connectivity index (χ1n) is 7.45. The molecule has 0 N–H and O–H groups in total. The van der Waals surface area contributed by atoms with Crippen LogP contribution in [0, 0.1) is 0 Å². The fourth-order valence-corrected chi connectivity index (χ4v) is 4.48. The van der Waals surface area contributed by atoms with Crippen LogP contribution in [0.2, 0.25) is 0 Å². The molecule has 0 saturated carbocycles. The summed E-state index contributed by atoms with van der Waals surface area (Å²) in [6, 6.07) is 10.6. The lowest BCUT2D eigenvalue weighted by atomic mass is 10.0. The van der Waals surface area contributed by atoms with Gasteiger partial charge in [0.25, 0.3) is 0 Å². The van der Waals surface area contributed by atoms with Crippen molar-refractivity contribution in [3.63, 3.8) is 0 Å². The predicted molar refractivity (Wildman–Crippen MR) is 84.5 cm³/mol. The molecule has 0 unspecified atom stereocenters. The van der Waals surface area contributed by atoms with Gasteiger partial charge in [0.05, 0.1) is 11.4 Å². The van der Waals surface area contributed by atoms with E-state index in [1.165, 1.54) is 53.3 Å². The molecule has 1 aliphatic carbocycles. The van der Waals surface area contributed by atoms with Gasteiger partial charge in [0.1, 0.15) is 0 Å². The maximum Gasteiger partial charge on any atom is 0.194 e. The Labute approximate surface area is 123 Å². The number of aromatic nitrogens is 2. The Hall–Kier alpha value is -1.61. The second-order valence-corrected chi connectivity index (χ2v) is 6.49. The fraction of sp³-hybridized carbons (Fsp3) is 0.353. The van der Waals surface area contributed by atoms with Crippen molar-refractivity contribution >= 4 is 16.3 Å². The van der Waals surface area contributed by atoms with Crippen LogP contribution in [0.5, 0.6) is 0 Å². The highest BCUT2D eigenvalue weighted by Crippen LogP contribution is 2.35. The third-order valence-electron chi connectivity index (χ3n) is 4.20. The average Bonchev–Trinajstić information content (AvgIpc) is 3.03. The molecule has 1 aliphatic rings. The molecule has 1 aromatic carbocycles. The van der Waals surface area contributed by atoms with E-state index in [0.29, 0.717) is 0 Å². The molecule has 3 heteroatoms. The van der Waals surface area contributed by atoms with Crippen molar-refractivity contribution in [3.05, 3.63) is 46.6 Å². The molecule has 0 radical (unpaired) electrons. The SMILES string of the molecule is CCc1c(-c2ccccc2)nc2sc3c(n12)CCCC3. The molecule has 0 saturated heterocycles. The molecule has 0 fully saturated rings. The van der Waals surface area contributed by atoms with Gasteiger partial charge < -0.3 is 0 Å². The Morgan fingerprint density at radius 3 is 2.75 bits per heavy atom. The lowest BCUT2D eigenvalue weighted by Gasteiger charge is -2.12. The first-order valence-corrected chi connectivity index (χ1v) is 8.27. The van der Waals surface area contributed by atoms with E-state index in [0.717, 1.165) is 6.42 Å². The summed E-state index contributed by atoms with van der Waals surface area (Å²) in [5.41, 5.74) is 5.32. The van der Waals surface area contributed by atoms with Gasteiger partial charge in [0.15, 0.2) is 4.96 Å². The van der Waals surface area contributed by atoms with Crippen molar-refractivity contribution < 1.29 is 0 Å². The number of rotatable bonds is 2. The number of aryl methyl sites for hydroxylation is 3. The minimum Gasteiger partial charge on any atom is -0.291 e. The van der Waals surface area contributed by atoms with Gasteiger partial charge in [-0.05, 0) is 32.1 Å². The van der Waals surface area contributed by atoms with E-state index in [4.69, 9.17) is 4.98 Å². The number of benzene rings is 1. The smallest absolute Gasteiger partial charge is 0.194 e. The van der Waals surface area contributed by atoms with Gasteiger partial charge in [-0.2, -0.15) is 0 Å². The number of fused-ring (bicyclic) bond motifs is 3. The van der Waals surface area contributed by atoms with Crippen LogP contribution in [0.3, 0.4) is 0 Å². The zero-order valence-electron chi connectivity index (χ0n) is 11.7. The summed E-state index contributed by atoms with van der Waals surface area (Å²) in [7, 11) is 0. The van der Waals surface area contributed by atoms with Crippen molar-refractivity contribution in [2.24, 2.45) is 0 Å². The molecular weight excluding hydrogens is 264 g/mol. The topological polar surface area (TPSA) is 17.3 Å². The maximum atomic E-state index is 4.94. The van der Waals surface area contributed by atoms with Crippen molar-refractivity contribution in [1.82, 2.24) is 9.38 Å². The first-order chi connectivity index (χ1) is 9.88. The monoisotopic (exact) mass is 282 g/mol. The highest BCUT2D eigenvalue weighted by molar-refractivity contribution is 7.17. The van der Waals surface area contributed by atoms with Gasteiger partial charge in [0.2, 0.25) is 0 Å². The lowest BCUT2D eigenvalue weighted by molar-refractivity contribution is 0.670. The second-order valence-electron chi connectivity index (χ2n) is 5.42. The summed E-state index contributed by atoms with van der Waals surface area (Å²) >= 11 is 1.90. The van der Waals surface area contributed by atoms with Crippen molar-refractivity contribution in [3.8, 4) is 11.3 Å². The van der Waals surface area contributed by atoms with Crippen LogP contribution >= 0.6 is 11.3 Å². The third kappa shape index (κ3) is 1.73. The Morgan fingerprint density at radius 1 is 1.15 bits per heavy atom. The molecule has 4 rings (SSSR count). The molecule has 2 heterocycles. The number of nitrogens with zero attached hydrogens (tertiary/aromatic N) is 2. The molecule has 0 atom stereocenters. The molecule has 0 aliphatic heterocycles. The standard InChI is InChI=1S/C17H18N2S/c1-2-13-16(12-8-4-3-5-9-12)18-17-19(13)14-10-6-7-11-15(14)20-17/h3-5,8-9H,2,6-7,10-11H2,1H3. The van der Waals surface area contributed by atoms with Crippen LogP contribution in [-0.4, -0.2) is 9.38 Å². The number of hydrogen-bond acceptors (Lipinski definition) is 2. The Balaban J connectivity index is 1.98. The second kappa shape index (κ2) is 4.74. The summed E-state index contributed by atoms with van der Waals surface area (Å²) < 4.78 is 2.45. The van der Waals surface area contributed by atoms with E-state index in [-0.39, 0.29) is 0 Å². The minimum atomic E-state index is 1.04. The van der Waals surface area contributed by atoms with Gasteiger partial charge in [0, 0.05) is 16.1 Å². The third-order valence-corrected chi connectivity index (χ3v) is 5.34. The Morgan fingerprint density at radius 2 is 1.95 bits per heavy atom. The summed E-state index contributed by atoms with van der Waals surface area (Å²) in [6.45, 7) is 2.24. The van der Waals surface area contributed by atoms with E-state index in [9.17, 15) is 0 Å². The molecule has 20 heavy (non-hydrogen) atoms. The largest absolute Gasteiger partial charge is 0.291 e. The van der Waals surface area contributed by atoms with Gasteiger partial charge in [-0.3, -0.25) is 4.40 Å². The van der Waals surface area contributed by atoms with Gasteiger partial charge in [-0.25, -0.2) is 4.98 Å². The van der Waals surface area contributed by atoms with E-state index >= 15 is 0 Å². The summed E-state index contributed by atoms with van der Waals surface area (Å²) in [4.78, 5) is 7.69. The number of hydrogen-bond donors (Lipinski definition) is 0. The molecule has 0 amide bonds. The Kier molecular flexibility index (Phi) is 2.88. The lowest BCUT2D eigenvalue weighted by Crippen LogP contribution is -2.04. The van der Waals surface area contributed by atoms with Crippen LogP contribution < -0.4 is 0 Å². The molecule has 2 nitrogen and oxygen atoms in total. The molecule has 3 aromatic rings. The predicted octanol–water partition coefficient (Wildman–Crippen LogP) is 4.50. The van der Waals surface area contributed by atoms with Crippen LogP contribution in [0.4, 0.5) is 0 Å². The van der Waals surface area contributed by atoms with E-state index in [1.807, 2.05) is 11.3 Å². The van der Waals surface area contributed by atoms with Crippen molar-refractivity contribution in [2.45, 2.75) is 39.0 Å². The molecule has 102 valence electrons. The van der Waals surface area contributed by atoms with Crippen LogP contribution in [0.15, 0.2) is 30.3 Å². The van der Waals surface area contributed by atoms with Crippen LogP contribution in [0.1, 0.15) is 36.0 Å². The zero-order valence-corrected chi connectivity index (χ0v) is 12.5. The van der Waals surface area contributed by atoms with Crippen LogP contribution in [-0.2, 0) is 19.3 Å². The van der Waals surface area contributed by atoms with Gasteiger partial charge >= 0.3 is 0 Å². The quantitative estimate of drug-likeness (QED) is 0.676. The van der Waals surface area contributed by atoms with E-state index < -0.39 is 0 Å². The van der Waals surface area contributed by atoms with Crippen molar-refractivity contribution in [1.29, 1.82) is 0 Å². The maximum absolute atomic E-state index is 4.94. The first kappa shape index (κ1) is 12.2. The molecule has 0 bridgehead atoms. The summed E-state index contributed by atoms with van der Waals surface area (Å²) in [5, 5.41) is 0.